The number of imide groups is 1. The Morgan fingerprint density at radius 3 is 1.89 bits per heavy atom. The molecule has 0 aromatic carbocycles. The first-order valence-corrected chi connectivity index (χ1v) is 8.22. The molecule has 0 aliphatic rings. The quantitative estimate of drug-likeness (QED) is 0.725. The van der Waals surface area contributed by atoms with Crippen molar-refractivity contribution in [3.05, 3.63) is 0 Å². The molecular weight excluding hydrogens is 255 g/mol. The molecule has 0 spiro atoms. The number of unbranched alkanes of at least 4 members (excludes halogenated alkanes) is 2. The van der Waals surface area contributed by atoms with E-state index in [1.807, 2.05) is 13.8 Å². The van der Waals surface area contributed by atoms with E-state index in [0.29, 0.717) is 29.8 Å². The first-order valence-electron chi connectivity index (χ1n) is 6.19. The number of carbonyl (C=O) groups excluding carboxylic acids is 2. The maximum Gasteiger partial charge on any atom is 0.423 e. The smallest absolute Gasteiger partial charge is 0.423 e. The molecule has 18 heavy (non-hydrogen) atoms. The average molecular weight is 278 g/mol. The number of primary amides is 1. The van der Waals surface area contributed by atoms with Gasteiger partial charge in [0.25, 0.3) is 0 Å². The van der Waals surface area contributed by atoms with Crippen molar-refractivity contribution >= 4 is 19.4 Å². The standard InChI is InChI=1S/C11H23N2O4P/c1-4-6-8-18(16,9-7-5-2)13(10(12)14)11(15)17-3/h4-9H2,1-3H3,(H2,12,14). The molecule has 0 aromatic heterocycles. The molecular formula is C11H23N2O4P. The van der Waals surface area contributed by atoms with E-state index in [-0.39, 0.29) is 0 Å². The van der Waals surface area contributed by atoms with Crippen LogP contribution in [0.2, 0.25) is 0 Å². The lowest BCUT2D eigenvalue weighted by Gasteiger charge is -2.27. The molecule has 106 valence electrons. The van der Waals surface area contributed by atoms with Crippen molar-refractivity contribution in [1.82, 2.24) is 4.67 Å². The predicted octanol–water partition coefficient (Wildman–Crippen LogP) is 3.01. The molecule has 0 aromatic rings. The minimum Gasteiger partial charge on any atom is -0.452 e. The van der Waals surface area contributed by atoms with Gasteiger partial charge < -0.3 is 10.5 Å². The van der Waals surface area contributed by atoms with Gasteiger partial charge >= 0.3 is 12.1 Å². The lowest BCUT2D eigenvalue weighted by Crippen LogP contribution is -2.39. The highest BCUT2D eigenvalue weighted by Crippen LogP contribution is 2.51. The fourth-order valence-electron chi connectivity index (χ4n) is 1.63. The lowest BCUT2D eigenvalue weighted by molar-refractivity contribution is 0.151. The zero-order valence-electron chi connectivity index (χ0n) is 11.3. The summed E-state index contributed by atoms with van der Waals surface area (Å²) in [6.45, 7) is 3.91. The maximum atomic E-state index is 12.8. The Labute approximate surface area is 108 Å². The number of methoxy groups -OCH3 is 1. The second kappa shape index (κ2) is 8.14. The minimum absolute atomic E-state index is 0.307. The highest BCUT2D eigenvalue weighted by Gasteiger charge is 2.37. The molecule has 0 saturated carbocycles. The van der Waals surface area contributed by atoms with Crippen LogP contribution in [-0.4, -0.2) is 36.2 Å². The van der Waals surface area contributed by atoms with Crippen LogP contribution in [0.25, 0.3) is 0 Å². The molecule has 0 aliphatic heterocycles. The fourth-order valence-corrected chi connectivity index (χ4v) is 4.61. The summed E-state index contributed by atoms with van der Waals surface area (Å²) in [7, 11) is -1.97. The first kappa shape index (κ1) is 17.0. The summed E-state index contributed by atoms with van der Waals surface area (Å²) in [5, 5.41) is 0. The van der Waals surface area contributed by atoms with E-state index in [0.717, 1.165) is 20.0 Å². The summed E-state index contributed by atoms with van der Waals surface area (Å²) in [5.74, 6) is 0. The van der Waals surface area contributed by atoms with Crippen LogP contribution in [0.3, 0.4) is 0 Å². The van der Waals surface area contributed by atoms with Crippen LogP contribution in [0.15, 0.2) is 0 Å². The Morgan fingerprint density at radius 2 is 1.61 bits per heavy atom. The van der Waals surface area contributed by atoms with Crippen LogP contribution in [0, 0.1) is 0 Å². The summed E-state index contributed by atoms with van der Waals surface area (Å²) in [4.78, 5) is 22.9. The van der Waals surface area contributed by atoms with Crippen LogP contribution in [0.4, 0.5) is 9.59 Å². The van der Waals surface area contributed by atoms with Crippen molar-refractivity contribution in [3.63, 3.8) is 0 Å². The van der Waals surface area contributed by atoms with Gasteiger partial charge in [-0.1, -0.05) is 26.7 Å². The zero-order chi connectivity index (χ0) is 14.2. The Bertz CT molecular complexity index is 321. The number of amides is 3. The summed E-state index contributed by atoms with van der Waals surface area (Å²) < 4.78 is 17.9. The van der Waals surface area contributed by atoms with Crippen molar-refractivity contribution < 1.29 is 18.9 Å². The van der Waals surface area contributed by atoms with Crippen LogP contribution in [0.1, 0.15) is 39.5 Å². The second-order valence-electron chi connectivity index (χ2n) is 4.12. The molecule has 0 unspecified atom stereocenters. The van der Waals surface area contributed by atoms with Crippen LogP contribution < -0.4 is 5.73 Å². The number of hydrogen-bond acceptors (Lipinski definition) is 4. The molecule has 3 amide bonds. The van der Waals surface area contributed by atoms with Gasteiger partial charge in [-0.15, -0.1) is 0 Å². The number of hydrogen-bond donors (Lipinski definition) is 1. The first-order chi connectivity index (χ1) is 8.42. The van der Waals surface area contributed by atoms with Gasteiger partial charge in [0.15, 0.2) is 7.29 Å². The van der Waals surface area contributed by atoms with Gasteiger partial charge in [0, 0.05) is 12.3 Å². The number of rotatable bonds is 7. The molecule has 0 saturated heterocycles. The van der Waals surface area contributed by atoms with Gasteiger partial charge in [0.2, 0.25) is 0 Å². The average Bonchev–Trinajstić information content (AvgIpc) is 2.33. The van der Waals surface area contributed by atoms with E-state index in [1.165, 1.54) is 0 Å². The number of nitrogens with zero attached hydrogens (tertiary/aromatic N) is 1. The molecule has 6 nitrogen and oxygen atoms in total. The summed E-state index contributed by atoms with van der Waals surface area (Å²) in [5.41, 5.74) is 5.16. The normalized spacial score (nSPS) is 11.1. The highest BCUT2D eigenvalue weighted by molar-refractivity contribution is 7.62. The van der Waals surface area contributed by atoms with Gasteiger partial charge in [-0.05, 0) is 12.8 Å². The molecule has 0 rings (SSSR count). The van der Waals surface area contributed by atoms with E-state index in [9.17, 15) is 14.2 Å². The van der Waals surface area contributed by atoms with Gasteiger partial charge in [0.1, 0.15) is 0 Å². The predicted molar refractivity (Wildman–Crippen MR) is 71.0 cm³/mol. The van der Waals surface area contributed by atoms with Crippen LogP contribution in [-0.2, 0) is 9.30 Å². The third kappa shape index (κ3) is 4.69. The number of nitrogens with two attached hydrogens (primary N) is 1. The summed E-state index contributed by atoms with van der Waals surface area (Å²) in [6.07, 6.45) is 2.72. The molecule has 0 atom stereocenters. The number of carbonyl (C=O) groups is 2. The van der Waals surface area contributed by atoms with Gasteiger partial charge in [-0.3, -0.25) is 4.57 Å². The molecule has 0 heterocycles. The molecule has 0 bridgehead atoms. The third-order valence-corrected chi connectivity index (χ3v) is 5.76. The van der Waals surface area contributed by atoms with E-state index in [1.54, 1.807) is 0 Å². The van der Waals surface area contributed by atoms with E-state index >= 15 is 0 Å². The second-order valence-corrected chi connectivity index (χ2v) is 7.11. The molecule has 0 aliphatic carbocycles. The van der Waals surface area contributed by atoms with Crippen molar-refractivity contribution in [2.24, 2.45) is 5.73 Å². The molecule has 0 radical (unpaired) electrons. The molecule has 0 fully saturated rings. The number of ether oxygens (including phenoxy) is 1. The SMILES string of the molecule is CCCCP(=O)(CCCC)N(C(N)=O)C(=O)OC. The minimum atomic E-state index is -3.11. The van der Waals surface area contributed by atoms with Crippen molar-refractivity contribution in [2.45, 2.75) is 39.5 Å². The Morgan fingerprint density at radius 1 is 1.17 bits per heavy atom. The summed E-state index contributed by atoms with van der Waals surface area (Å²) >= 11 is 0. The van der Waals surface area contributed by atoms with Crippen molar-refractivity contribution in [3.8, 4) is 0 Å². The Hall–Kier alpha value is -1.03. The lowest BCUT2D eigenvalue weighted by atomic mass is 10.4. The van der Waals surface area contributed by atoms with Gasteiger partial charge in [0.05, 0.1) is 7.11 Å². The summed E-state index contributed by atoms with van der Waals surface area (Å²) in [6, 6.07) is -1.00. The van der Waals surface area contributed by atoms with Gasteiger partial charge in [-0.25, -0.2) is 9.59 Å². The Kier molecular flexibility index (Phi) is 7.67. The fraction of sp³-hybridized carbons (Fsp3) is 0.818. The van der Waals surface area contributed by atoms with Crippen LogP contribution in [0.5, 0.6) is 0 Å². The molecule has 7 heteroatoms. The van der Waals surface area contributed by atoms with Crippen molar-refractivity contribution in [2.75, 3.05) is 19.4 Å². The monoisotopic (exact) mass is 278 g/mol. The zero-order valence-corrected chi connectivity index (χ0v) is 12.2. The third-order valence-electron chi connectivity index (χ3n) is 2.64. The number of urea groups is 1. The largest absolute Gasteiger partial charge is 0.452 e. The topological polar surface area (TPSA) is 89.7 Å². The van der Waals surface area contributed by atoms with E-state index in [4.69, 9.17) is 5.73 Å². The van der Waals surface area contributed by atoms with Gasteiger partial charge in [-0.2, -0.15) is 4.67 Å². The maximum absolute atomic E-state index is 12.8. The highest BCUT2D eigenvalue weighted by atomic mass is 31.2. The molecule has 2 N–H and O–H groups in total. The Balaban J connectivity index is 5.14. The van der Waals surface area contributed by atoms with E-state index < -0.39 is 19.4 Å². The van der Waals surface area contributed by atoms with Crippen LogP contribution >= 0.6 is 7.29 Å². The van der Waals surface area contributed by atoms with Crippen molar-refractivity contribution in [1.29, 1.82) is 0 Å². The van der Waals surface area contributed by atoms with E-state index in [2.05, 4.69) is 4.74 Å².